The van der Waals surface area contributed by atoms with Crippen molar-refractivity contribution in [3.8, 4) is 33.6 Å². The highest BCUT2D eigenvalue weighted by Crippen LogP contribution is 2.30. The van der Waals surface area contributed by atoms with Crippen LogP contribution in [-0.4, -0.2) is 68.9 Å². The van der Waals surface area contributed by atoms with Gasteiger partial charge in [0.1, 0.15) is 5.82 Å². The van der Waals surface area contributed by atoms with Crippen molar-refractivity contribution in [2.24, 2.45) is 0 Å². The molecule has 1 fully saturated rings. The third kappa shape index (κ3) is 5.80. The van der Waals surface area contributed by atoms with Gasteiger partial charge in [-0.25, -0.2) is 4.98 Å². The van der Waals surface area contributed by atoms with Crippen molar-refractivity contribution in [1.82, 2.24) is 29.7 Å². The number of hydrogen-bond donors (Lipinski definition) is 2. The summed E-state index contributed by atoms with van der Waals surface area (Å²) >= 11 is 0. The predicted octanol–water partition coefficient (Wildman–Crippen LogP) is 6.35. The second-order valence-electron chi connectivity index (χ2n) is 11.2. The van der Waals surface area contributed by atoms with Crippen molar-refractivity contribution in [1.29, 1.82) is 0 Å². The number of fused-ring (bicyclic) bond motifs is 1. The van der Waals surface area contributed by atoms with E-state index in [1.54, 1.807) is 6.20 Å². The number of rotatable bonds is 7. The molecule has 44 heavy (non-hydrogen) atoms. The summed E-state index contributed by atoms with van der Waals surface area (Å²) in [7, 11) is 2.09. The molecule has 0 aliphatic carbocycles. The highest BCUT2D eigenvalue weighted by Gasteiger charge is 2.20. The van der Waals surface area contributed by atoms with E-state index in [1.807, 2.05) is 66.0 Å². The zero-order valence-corrected chi connectivity index (χ0v) is 24.6. The summed E-state index contributed by atoms with van der Waals surface area (Å²) in [6, 6.07) is 28.3. The van der Waals surface area contributed by atoms with E-state index < -0.39 is 0 Å². The summed E-state index contributed by atoms with van der Waals surface area (Å²) in [5.74, 6) is 0.844. The lowest BCUT2D eigenvalue weighted by Gasteiger charge is -2.32. The van der Waals surface area contributed by atoms with Crippen LogP contribution in [-0.2, 0) is 6.54 Å². The smallest absolute Gasteiger partial charge is 0.253 e. The molecule has 0 spiro atoms. The van der Waals surface area contributed by atoms with Gasteiger partial charge in [-0.1, -0.05) is 30.3 Å². The van der Waals surface area contributed by atoms with Crippen LogP contribution < -0.4 is 5.32 Å². The lowest BCUT2D eigenvalue weighted by molar-refractivity contribution is 0.0664. The number of carbonyl (C=O) groups excluding carboxylic acids is 1. The molecule has 2 N–H and O–H groups in total. The summed E-state index contributed by atoms with van der Waals surface area (Å²) < 4.78 is 0. The van der Waals surface area contributed by atoms with Gasteiger partial charge in [0.05, 0.1) is 11.4 Å². The van der Waals surface area contributed by atoms with Crippen molar-refractivity contribution >= 4 is 22.6 Å². The Kier molecular flexibility index (Phi) is 7.56. The van der Waals surface area contributed by atoms with E-state index in [-0.39, 0.29) is 5.91 Å². The number of nitrogens with zero attached hydrogens (tertiary/aromatic N) is 5. The predicted molar refractivity (Wildman–Crippen MR) is 175 cm³/mol. The molecule has 0 atom stereocenters. The van der Waals surface area contributed by atoms with Crippen LogP contribution in [0.1, 0.15) is 15.9 Å². The normalized spacial score (nSPS) is 13.7. The number of anilines is 1. The summed E-state index contributed by atoms with van der Waals surface area (Å²) in [5.41, 5.74) is 8.53. The minimum atomic E-state index is 0.0862. The number of benzene rings is 2. The van der Waals surface area contributed by atoms with Gasteiger partial charge in [0.15, 0.2) is 0 Å². The minimum absolute atomic E-state index is 0.0862. The highest BCUT2D eigenvalue weighted by atomic mass is 16.2. The molecule has 1 amide bonds. The Morgan fingerprint density at radius 2 is 1.64 bits per heavy atom. The van der Waals surface area contributed by atoms with E-state index in [4.69, 9.17) is 4.98 Å². The summed E-state index contributed by atoms with van der Waals surface area (Å²) in [5, 5.41) is 4.73. The van der Waals surface area contributed by atoms with Crippen LogP contribution in [0, 0.1) is 0 Å². The van der Waals surface area contributed by atoms with Crippen LogP contribution in [0.25, 0.3) is 44.5 Å². The second kappa shape index (κ2) is 12.1. The van der Waals surface area contributed by atoms with E-state index in [0.717, 1.165) is 71.2 Å². The Balaban J connectivity index is 1.17. The van der Waals surface area contributed by atoms with E-state index >= 15 is 0 Å². The van der Waals surface area contributed by atoms with Crippen molar-refractivity contribution in [3.05, 3.63) is 121 Å². The zero-order valence-electron chi connectivity index (χ0n) is 24.6. The maximum atomic E-state index is 13.0. The van der Waals surface area contributed by atoms with Crippen LogP contribution in [0.2, 0.25) is 0 Å². The summed E-state index contributed by atoms with van der Waals surface area (Å²) in [4.78, 5) is 34.6. The molecule has 1 aliphatic rings. The van der Waals surface area contributed by atoms with Crippen molar-refractivity contribution in [2.45, 2.75) is 6.54 Å². The molecule has 7 rings (SSSR count). The molecule has 0 unspecified atom stereocenters. The Labute approximate surface area is 256 Å². The molecular formula is C36H33N7O. The van der Waals surface area contributed by atoms with E-state index in [1.165, 1.54) is 10.9 Å². The monoisotopic (exact) mass is 579 g/mol. The first-order valence-electron chi connectivity index (χ1n) is 14.9. The topological polar surface area (TPSA) is 90.0 Å². The number of amides is 1. The SMILES string of the molecule is CN1CCN(C(=O)c2ccc(-c3cncc(-c4cc(NCc5cccc6[nH]ccc56)nc(-c5ccccn5)c4)c3)cc2)CC1. The Bertz CT molecular complexity index is 1910. The number of piperazine rings is 1. The minimum Gasteiger partial charge on any atom is -0.366 e. The molecule has 6 aromatic rings. The first-order chi connectivity index (χ1) is 21.6. The van der Waals surface area contributed by atoms with E-state index in [2.05, 4.69) is 74.7 Å². The number of carbonyl (C=O) groups is 1. The van der Waals surface area contributed by atoms with Crippen molar-refractivity contribution < 1.29 is 4.79 Å². The number of nitrogens with one attached hydrogen (secondary N) is 2. The lowest BCUT2D eigenvalue weighted by Crippen LogP contribution is -2.47. The first-order valence-corrected chi connectivity index (χ1v) is 14.9. The molecule has 1 aliphatic heterocycles. The number of aromatic amines is 1. The van der Waals surface area contributed by atoms with Crippen LogP contribution in [0.5, 0.6) is 0 Å². The molecule has 2 aromatic carbocycles. The average molecular weight is 580 g/mol. The molecule has 0 bridgehead atoms. The van der Waals surface area contributed by atoms with Gasteiger partial charge < -0.3 is 20.1 Å². The van der Waals surface area contributed by atoms with E-state index in [9.17, 15) is 4.79 Å². The standard InChI is InChI=1S/C36H33N7O/c1-42-15-17-43(18-16-42)36(44)26-10-8-25(9-11-26)29-19-30(23-37-22-29)28-20-34(33-6-2-3-13-38-33)41-35(21-28)40-24-27-5-4-7-32-31(27)12-14-39-32/h2-14,19-23,39H,15-18,24H2,1H3,(H,40,41). The van der Waals surface area contributed by atoms with Gasteiger partial charge in [0.25, 0.3) is 5.91 Å². The van der Waals surface area contributed by atoms with E-state index in [0.29, 0.717) is 12.1 Å². The third-order valence-electron chi connectivity index (χ3n) is 8.23. The Morgan fingerprint density at radius 1 is 0.818 bits per heavy atom. The fourth-order valence-corrected chi connectivity index (χ4v) is 5.68. The lowest BCUT2D eigenvalue weighted by atomic mass is 10.0. The fourth-order valence-electron chi connectivity index (χ4n) is 5.68. The van der Waals surface area contributed by atoms with Gasteiger partial charge in [-0.3, -0.25) is 14.8 Å². The van der Waals surface area contributed by atoms with Crippen LogP contribution in [0.15, 0.2) is 110 Å². The maximum Gasteiger partial charge on any atom is 0.253 e. The quantitative estimate of drug-likeness (QED) is 0.229. The molecule has 4 aromatic heterocycles. The first kappa shape index (κ1) is 27.5. The Hall–Kier alpha value is -5.34. The van der Waals surface area contributed by atoms with Gasteiger partial charge in [-0.05, 0) is 78.3 Å². The Morgan fingerprint density at radius 3 is 2.43 bits per heavy atom. The van der Waals surface area contributed by atoms with Crippen LogP contribution in [0.3, 0.4) is 0 Å². The van der Waals surface area contributed by atoms with Gasteiger partial charge in [0, 0.05) is 85.1 Å². The van der Waals surface area contributed by atoms with Crippen molar-refractivity contribution in [3.63, 3.8) is 0 Å². The van der Waals surface area contributed by atoms with Gasteiger partial charge in [-0.2, -0.15) is 0 Å². The second-order valence-corrected chi connectivity index (χ2v) is 11.2. The molecule has 218 valence electrons. The summed E-state index contributed by atoms with van der Waals surface area (Å²) in [6.07, 6.45) is 7.48. The van der Waals surface area contributed by atoms with Gasteiger partial charge >= 0.3 is 0 Å². The number of H-pyrrole nitrogens is 1. The largest absolute Gasteiger partial charge is 0.366 e. The summed E-state index contributed by atoms with van der Waals surface area (Å²) in [6.45, 7) is 3.95. The molecule has 1 saturated heterocycles. The molecule has 8 nitrogen and oxygen atoms in total. The van der Waals surface area contributed by atoms with Gasteiger partial charge in [0.2, 0.25) is 0 Å². The van der Waals surface area contributed by atoms with Crippen LogP contribution >= 0.6 is 0 Å². The molecular weight excluding hydrogens is 546 g/mol. The number of hydrogen-bond acceptors (Lipinski definition) is 6. The molecule has 5 heterocycles. The molecule has 0 radical (unpaired) electrons. The highest BCUT2D eigenvalue weighted by molar-refractivity contribution is 5.95. The maximum absolute atomic E-state index is 13.0. The zero-order chi connectivity index (χ0) is 29.9. The number of aromatic nitrogens is 4. The third-order valence-corrected chi connectivity index (χ3v) is 8.23. The average Bonchev–Trinajstić information content (AvgIpc) is 3.58. The van der Waals surface area contributed by atoms with Gasteiger partial charge in [-0.15, -0.1) is 0 Å². The number of pyridine rings is 3. The fraction of sp³-hybridized carbons (Fsp3) is 0.167. The van der Waals surface area contributed by atoms with Crippen LogP contribution in [0.4, 0.5) is 5.82 Å². The molecule has 8 heteroatoms. The molecule has 0 saturated carbocycles. The number of likely N-dealkylation sites (N-methyl/N-ethyl adjacent to an activating group) is 1. The van der Waals surface area contributed by atoms with Crippen molar-refractivity contribution in [2.75, 3.05) is 38.5 Å².